The number of hydrazine groups is 1. The zero-order valence-electron chi connectivity index (χ0n) is 9.74. The summed E-state index contributed by atoms with van der Waals surface area (Å²) in [7, 11) is 0. The molecule has 0 saturated carbocycles. The van der Waals surface area contributed by atoms with Gasteiger partial charge in [0.05, 0.1) is 6.04 Å². The summed E-state index contributed by atoms with van der Waals surface area (Å²) in [6.45, 7) is 0. The first-order valence-electron chi connectivity index (χ1n) is 5.65. The molecular weight excluding hydrogens is 295 g/mol. The number of nitrogens with one attached hydrogen (secondary N) is 1. The molecule has 2 rings (SSSR count). The van der Waals surface area contributed by atoms with Crippen molar-refractivity contribution in [1.82, 2.24) is 5.43 Å². The lowest BCUT2D eigenvalue weighted by Gasteiger charge is -2.16. The van der Waals surface area contributed by atoms with E-state index in [0.717, 1.165) is 15.6 Å². The molecule has 2 nitrogen and oxygen atoms in total. The molecule has 0 bridgehead atoms. The number of hydrogen-bond donors (Lipinski definition) is 2. The molecule has 0 heterocycles. The fourth-order valence-corrected chi connectivity index (χ4v) is 2.27. The second kappa shape index (κ2) is 6.09. The van der Waals surface area contributed by atoms with E-state index in [1.54, 1.807) is 12.1 Å². The van der Waals surface area contributed by atoms with Gasteiger partial charge in [-0.05, 0) is 41.8 Å². The third-order valence-electron chi connectivity index (χ3n) is 2.81. The highest BCUT2D eigenvalue weighted by molar-refractivity contribution is 9.10. The Balaban J connectivity index is 2.17. The molecule has 0 fully saturated rings. The predicted octanol–water partition coefficient (Wildman–Crippen LogP) is 3.34. The maximum Gasteiger partial charge on any atom is 0.123 e. The van der Waals surface area contributed by atoms with E-state index < -0.39 is 0 Å². The Kier molecular flexibility index (Phi) is 4.47. The SMILES string of the molecule is NNC(Cc1ccc(F)cc1)c1cccc(Br)c1. The summed E-state index contributed by atoms with van der Waals surface area (Å²) in [6, 6.07) is 14.5. The highest BCUT2D eigenvalue weighted by atomic mass is 79.9. The van der Waals surface area contributed by atoms with Gasteiger partial charge in [0.15, 0.2) is 0 Å². The van der Waals surface area contributed by atoms with Crippen LogP contribution in [0.4, 0.5) is 4.39 Å². The van der Waals surface area contributed by atoms with Crippen molar-refractivity contribution in [1.29, 1.82) is 0 Å². The van der Waals surface area contributed by atoms with Crippen molar-refractivity contribution in [3.05, 3.63) is 69.9 Å². The van der Waals surface area contributed by atoms with Gasteiger partial charge in [-0.3, -0.25) is 11.3 Å². The first kappa shape index (κ1) is 13.2. The minimum atomic E-state index is -0.224. The van der Waals surface area contributed by atoms with Crippen LogP contribution in [0.2, 0.25) is 0 Å². The van der Waals surface area contributed by atoms with Crippen LogP contribution in [0.3, 0.4) is 0 Å². The third kappa shape index (κ3) is 3.38. The number of nitrogens with two attached hydrogens (primary N) is 1. The van der Waals surface area contributed by atoms with Gasteiger partial charge in [0.2, 0.25) is 0 Å². The fraction of sp³-hybridized carbons (Fsp3) is 0.143. The summed E-state index contributed by atoms with van der Waals surface area (Å²) in [6.07, 6.45) is 0.716. The molecule has 0 aliphatic carbocycles. The molecule has 0 saturated heterocycles. The first-order valence-corrected chi connectivity index (χ1v) is 6.44. The van der Waals surface area contributed by atoms with Crippen molar-refractivity contribution in [3.8, 4) is 0 Å². The summed E-state index contributed by atoms with van der Waals surface area (Å²) in [5.41, 5.74) is 4.93. The minimum absolute atomic E-state index is 0.00737. The number of benzene rings is 2. The second-order valence-corrected chi connectivity index (χ2v) is 5.02. The molecule has 2 aromatic rings. The van der Waals surface area contributed by atoms with E-state index in [1.165, 1.54) is 12.1 Å². The Morgan fingerprint density at radius 2 is 1.89 bits per heavy atom. The molecule has 18 heavy (non-hydrogen) atoms. The average Bonchev–Trinajstić information content (AvgIpc) is 2.38. The molecule has 1 atom stereocenters. The highest BCUT2D eigenvalue weighted by Gasteiger charge is 2.10. The Hall–Kier alpha value is -1.23. The van der Waals surface area contributed by atoms with Crippen LogP contribution in [0.25, 0.3) is 0 Å². The molecule has 0 amide bonds. The van der Waals surface area contributed by atoms with E-state index in [-0.39, 0.29) is 11.9 Å². The number of hydrogen-bond acceptors (Lipinski definition) is 2. The van der Waals surface area contributed by atoms with Gasteiger partial charge in [-0.25, -0.2) is 4.39 Å². The van der Waals surface area contributed by atoms with Crippen molar-refractivity contribution in [2.75, 3.05) is 0 Å². The van der Waals surface area contributed by atoms with Gasteiger partial charge in [-0.2, -0.15) is 0 Å². The summed E-state index contributed by atoms with van der Waals surface area (Å²) in [4.78, 5) is 0. The molecule has 0 aromatic heterocycles. The van der Waals surface area contributed by atoms with Crippen LogP contribution in [0.15, 0.2) is 53.0 Å². The van der Waals surface area contributed by atoms with Crippen LogP contribution >= 0.6 is 15.9 Å². The lowest BCUT2D eigenvalue weighted by atomic mass is 9.99. The van der Waals surface area contributed by atoms with Crippen molar-refractivity contribution in [2.24, 2.45) is 5.84 Å². The predicted molar refractivity (Wildman–Crippen MR) is 74.3 cm³/mol. The largest absolute Gasteiger partial charge is 0.271 e. The van der Waals surface area contributed by atoms with Crippen molar-refractivity contribution >= 4 is 15.9 Å². The summed E-state index contributed by atoms with van der Waals surface area (Å²) in [5, 5.41) is 0. The van der Waals surface area contributed by atoms with Crippen LogP contribution in [0.5, 0.6) is 0 Å². The third-order valence-corrected chi connectivity index (χ3v) is 3.30. The smallest absolute Gasteiger partial charge is 0.123 e. The summed E-state index contributed by atoms with van der Waals surface area (Å²) < 4.78 is 13.8. The maximum absolute atomic E-state index is 12.8. The van der Waals surface area contributed by atoms with Gasteiger partial charge in [0.1, 0.15) is 5.82 Å². The van der Waals surface area contributed by atoms with E-state index in [0.29, 0.717) is 6.42 Å². The zero-order chi connectivity index (χ0) is 13.0. The lowest BCUT2D eigenvalue weighted by molar-refractivity contribution is 0.550. The normalized spacial score (nSPS) is 12.4. The molecule has 0 aliphatic rings. The Labute approximate surface area is 114 Å². The van der Waals surface area contributed by atoms with Gasteiger partial charge < -0.3 is 0 Å². The first-order chi connectivity index (χ1) is 8.69. The van der Waals surface area contributed by atoms with Crippen LogP contribution < -0.4 is 11.3 Å². The van der Waals surface area contributed by atoms with Gasteiger partial charge in [0.25, 0.3) is 0 Å². The van der Waals surface area contributed by atoms with Crippen LogP contribution in [-0.2, 0) is 6.42 Å². The van der Waals surface area contributed by atoms with Gasteiger partial charge in [0, 0.05) is 4.47 Å². The highest BCUT2D eigenvalue weighted by Crippen LogP contribution is 2.21. The lowest BCUT2D eigenvalue weighted by Crippen LogP contribution is -2.29. The van der Waals surface area contributed by atoms with E-state index in [9.17, 15) is 4.39 Å². The van der Waals surface area contributed by atoms with Gasteiger partial charge in [-0.1, -0.05) is 40.2 Å². The second-order valence-electron chi connectivity index (χ2n) is 4.10. The number of rotatable bonds is 4. The quantitative estimate of drug-likeness (QED) is 0.671. The Morgan fingerprint density at radius 3 is 2.50 bits per heavy atom. The molecule has 2 aromatic carbocycles. The van der Waals surface area contributed by atoms with E-state index >= 15 is 0 Å². The Bertz CT molecular complexity index is 513. The number of halogens is 2. The molecule has 0 radical (unpaired) electrons. The monoisotopic (exact) mass is 308 g/mol. The van der Waals surface area contributed by atoms with Crippen LogP contribution in [-0.4, -0.2) is 0 Å². The molecule has 1 unspecified atom stereocenters. The maximum atomic E-state index is 12.8. The molecule has 94 valence electrons. The topological polar surface area (TPSA) is 38.0 Å². The van der Waals surface area contributed by atoms with Gasteiger partial charge >= 0.3 is 0 Å². The van der Waals surface area contributed by atoms with Crippen molar-refractivity contribution in [3.63, 3.8) is 0 Å². The van der Waals surface area contributed by atoms with Crippen LogP contribution in [0.1, 0.15) is 17.2 Å². The summed E-state index contributed by atoms with van der Waals surface area (Å²) >= 11 is 3.44. The van der Waals surface area contributed by atoms with E-state index in [1.807, 2.05) is 24.3 Å². The van der Waals surface area contributed by atoms with Crippen LogP contribution in [0, 0.1) is 5.82 Å². The summed E-state index contributed by atoms with van der Waals surface area (Å²) in [5.74, 6) is 5.37. The molecule has 3 N–H and O–H groups in total. The Morgan fingerprint density at radius 1 is 1.17 bits per heavy atom. The molecule has 0 spiro atoms. The fourth-order valence-electron chi connectivity index (χ4n) is 1.85. The average molecular weight is 309 g/mol. The molecule has 0 aliphatic heterocycles. The minimum Gasteiger partial charge on any atom is -0.271 e. The molecular formula is C14H14BrFN2. The van der Waals surface area contributed by atoms with Gasteiger partial charge in [-0.15, -0.1) is 0 Å². The van der Waals surface area contributed by atoms with E-state index in [4.69, 9.17) is 5.84 Å². The standard InChI is InChI=1S/C14H14BrFN2/c15-12-3-1-2-11(9-12)14(18-17)8-10-4-6-13(16)7-5-10/h1-7,9,14,18H,8,17H2. The van der Waals surface area contributed by atoms with Crippen molar-refractivity contribution < 1.29 is 4.39 Å². The van der Waals surface area contributed by atoms with E-state index in [2.05, 4.69) is 21.4 Å². The van der Waals surface area contributed by atoms with Crippen molar-refractivity contribution in [2.45, 2.75) is 12.5 Å². The zero-order valence-corrected chi connectivity index (χ0v) is 11.3. The molecule has 4 heteroatoms.